The Kier molecular flexibility index (Phi) is 11.2. The maximum Gasteiger partial charge on any atom is 0.238 e. The van der Waals surface area contributed by atoms with E-state index in [2.05, 4.69) is 77.2 Å². The minimum absolute atomic E-state index is 0.00807. The molecular weight excluding hydrogens is 398 g/mol. The number of hydrogen-bond donors (Lipinski definition) is 1. The fourth-order valence-corrected chi connectivity index (χ4v) is 5.96. The number of para-hydroxylation sites is 1. The van der Waals surface area contributed by atoms with Gasteiger partial charge in [-0.2, -0.15) is 0 Å². The topological polar surface area (TPSA) is 29.1 Å². The molecule has 0 aliphatic carbocycles. The van der Waals surface area contributed by atoms with Crippen LogP contribution in [0.1, 0.15) is 116 Å². The van der Waals surface area contributed by atoms with Crippen LogP contribution in [0.3, 0.4) is 0 Å². The van der Waals surface area contributed by atoms with Crippen molar-refractivity contribution in [2.24, 2.45) is 5.92 Å². The van der Waals surface area contributed by atoms with Crippen molar-refractivity contribution in [1.29, 1.82) is 0 Å². The maximum atomic E-state index is 13.7. The van der Waals surface area contributed by atoms with Gasteiger partial charge in [0.1, 0.15) is 0 Å². The van der Waals surface area contributed by atoms with Crippen LogP contribution in [-0.2, 0) is 4.79 Å². The molecule has 174 valence electrons. The highest BCUT2D eigenvalue weighted by Crippen LogP contribution is 2.38. The minimum atomic E-state index is 0.00807. The number of amides is 1. The molecular formula is C28H45NOS. The number of unbranched alkanes of at least 4 members (excludes halogenated alkanes) is 4. The van der Waals surface area contributed by atoms with Gasteiger partial charge in [0, 0.05) is 10.9 Å². The first-order valence-electron chi connectivity index (χ1n) is 12.7. The van der Waals surface area contributed by atoms with Crippen LogP contribution in [0.4, 0.5) is 5.69 Å². The molecule has 0 radical (unpaired) electrons. The molecule has 0 spiro atoms. The summed E-state index contributed by atoms with van der Waals surface area (Å²) in [5.74, 6) is 1.31. The maximum absolute atomic E-state index is 13.7. The third-order valence-electron chi connectivity index (χ3n) is 6.40. The summed E-state index contributed by atoms with van der Waals surface area (Å²) in [6.07, 6.45) is 14.5. The molecule has 0 aromatic heterocycles. The van der Waals surface area contributed by atoms with E-state index < -0.39 is 0 Å². The molecule has 1 aromatic carbocycles. The fraction of sp³-hybridized carbons (Fsp3) is 0.679. The summed E-state index contributed by atoms with van der Waals surface area (Å²) in [7, 11) is 0. The number of anilines is 1. The Labute approximate surface area is 196 Å². The molecule has 1 aromatic rings. The molecule has 0 saturated heterocycles. The van der Waals surface area contributed by atoms with Gasteiger partial charge in [-0.1, -0.05) is 110 Å². The Morgan fingerprint density at radius 1 is 0.903 bits per heavy atom. The Hall–Kier alpha value is -1.22. The number of allylic oxidation sites excluding steroid dienone is 1. The smallest absolute Gasteiger partial charge is 0.238 e. The van der Waals surface area contributed by atoms with E-state index in [1.165, 1.54) is 56.1 Å². The van der Waals surface area contributed by atoms with E-state index in [1.807, 2.05) is 11.8 Å². The molecule has 1 aliphatic heterocycles. The second kappa shape index (κ2) is 13.4. The third-order valence-corrected chi connectivity index (χ3v) is 8.00. The van der Waals surface area contributed by atoms with E-state index in [9.17, 15) is 4.79 Å². The lowest BCUT2D eigenvalue weighted by Gasteiger charge is -2.32. The second-order valence-corrected chi connectivity index (χ2v) is 11.1. The standard InChI is InChI=1S/C28H45NOS/c1-7-9-11-14-22-18-19-23(15-12-10-8-2)31-27(22)28(30)29-26-24(20(3)4)16-13-17-25(26)21(5)6/h13,16-23,27H,7-12,14-15H2,1-6H3,(H,29,30)/t22-,23+,27+/m0/s1. The first kappa shape index (κ1) is 26.0. The van der Waals surface area contributed by atoms with Crippen LogP contribution < -0.4 is 5.32 Å². The summed E-state index contributed by atoms with van der Waals surface area (Å²) >= 11 is 1.91. The highest BCUT2D eigenvalue weighted by molar-refractivity contribution is 8.01. The monoisotopic (exact) mass is 443 g/mol. The summed E-state index contributed by atoms with van der Waals surface area (Å²) in [6, 6.07) is 6.48. The molecule has 0 bridgehead atoms. The quantitative estimate of drug-likeness (QED) is 0.258. The van der Waals surface area contributed by atoms with Crippen LogP contribution in [0.25, 0.3) is 0 Å². The van der Waals surface area contributed by atoms with Gasteiger partial charge in [0.25, 0.3) is 0 Å². The minimum Gasteiger partial charge on any atom is -0.325 e. The third kappa shape index (κ3) is 7.70. The van der Waals surface area contributed by atoms with Gasteiger partial charge in [0.2, 0.25) is 5.91 Å². The summed E-state index contributed by atoms with van der Waals surface area (Å²) in [4.78, 5) is 13.7. The van der Waals surface area contributed by atoms with Crippen molar-refractivity contribution >= 4 is 23.4 Å². The van der Waals surface area contributed by atoms with Gasteiger partial charge >= 0.3 is 0 Å². The van der Waals surface area contributed by atoms with Crippen LogP contribution in [-0.4, -0.2) is 16.4 Å². The van der Waals surface area contributed by atoms with Crippen LogP contribution in [0.5, 0.6) is 0 Å². The van der Waals surface area contributed by atoms with E-state index in [-0.39, 0.29) is 11.2 Å². The van der Waals surface area contributed by atoms with Crippen LogP contribution >= 0.6 is 11.8 Å². The first-order valence-corrected chi connectivity index (χ1v) is 13.6. The van der Waals surface area contributed by atoms with Gasteiger partial charge in [-0.05, 0) is 41.7 Å². The summed E-state index contributed by atoms with van der Waals surface area (Å²) in [5, 5.41) is 3.90. The van der Waals surface area contributed by atoms with Gasteiger partial charge in [0.15, 0.2) is 0 Å². The Morgan fingerprint density at radius 3 is 2.03 bits per heavy atom. The summed E-state index contributed by atoms with van der Waals surface area (Å²) < 4.78 is 0. The van der Waals surface area contributed by atoms with Crippen molar-refractivity contribution in [3.63, 3.8) is 0 Å². The lowest BCUT2D eigenvalue weighted by Crippen LogP contribution is -2.35. The van der Waals surface area contributed by atoms with Gasteiger partial charge in [-0.3, -0.25) is 4.79 Å². The van der Waals surface area contributed by atoms with Gasteiger partial charge < -0.3 is 5.32 Å². The Bertz CT molecular complexity index is 683. The van der Waals surface area contributed by atoms with Crippen molar-refractivity contribution in [3.05, 3.63) is 41.5 Å². The zero-order valence-corrected chi connectivity index (χ0v) is 21.6. The molecule has 1 heterocycles. The molecule has 0 saturated carbocycles. The molecule has 1 N–H and O–H groups in total. The normalized spacial score (nSPS) is 21.1. The summed E-state index contributed by atoms with van der Waals surface area (Å²) in [5.41, 5.74) is 3.55. The largest absolute Gasteiger partial charge is 0.325 e. The number of rotatable bonds is 12. The highest BCUT2D eigenvalue weighted by atomic mass is 32.2. The van der Waals surface area contributed by atoms with Gasteiger partial charge in [0.05, 0.1) is 5.25 Å². The fourth-order valence-electron chi connectivity index (χ4n) is 4.49. The summed E-state index contributed by atoms with van der Waals surface area (Å²) in [6.45, 7) is 13.3. The molecule has 31 heavy (non-hydrogen) atoms. The predicted octanol–water partition coefficient (Wildman–Crippen LogP) is 8.69. The van der Waals surface area contributed by atoms with Gasteiger partial charge in [-0.25, -0.2) is 0 Å². The van der Waals surface area contributed by atoms with Crippen LogP contribution in [0.2, 0.25) is 0 Å². The molecule has 3 atom stereocenters. The predicted molar refractivity (Wildman–Crippen MR) is 139 cm³/mol. The van der Waals surface area contributed by atoms with Crippen LogP contribution in [0, 0.1) is 5.92 Å². The Morgan fingerprint density at radius 2 is 1.48 bits per heavy atom. The highest BCUT2D eigenvalue weighted by Gasteiger charge is 2.33. The molecule has 1 amide bonds. The molecule has 0 fully saturated rings. The van der Waals surface area contributed by atoms with Crippen LogP contribution in [0.15, 0.2) is 30.4 Å². The Balaban J connectivity index is 2.23. The molecule has 0 unspecified atom stereocenters. The first-order chi connectivity index (χ1) is 14.9. The number of nitrogens with one attached hydrogen (secondary N) is 1. The van der Waals surface area contributed by atoms with E-state index in [0.29, 0.717) is 23.0 Å². The zero-order chi connectivity index (χ0) is 22.8. The van der Waals surface area contributed by atoms with E-state index in [0.717, 1.165) is 12.1 Å². The molecule has 2 rings (SSSR count). The molecule has 1 aliphatic rings. The van der Waals surface area contributed by atoms with Crippen molar-refractivity contribution < 1.29 is 4.79 Å². The van der Waals surface area contributed by atoms with E-state index >= 15 is 0 Å². The average Bonchev–Trinajstić information content (AvgIpc) is 2.74. The number of hydrogen-bond acceptors (Lipinski definition) is 2. The van der Waals surface area contributed by atoms with E-state index in [1.54, 1.807) is 0 Å². The van der Waals surface area contributed by atoms with Crippen molar-refractivity contribution in [3.8, 4) is 0 Å². The molecule has 3 heteroatoms. The van der Waals surface area contributed by atoms with Gasteiger partial charge in [-0.15, -0.1) is 11.8 Å². The van der Waals surface area contributed by atoms with Crippen molar-refractivity contribution in [2.75, 3.05) is 5.32 Å². The number of benzene rings is 1. The van der Waals surface area contributed by atoms with Crippen molar-refractivity contribution in [2.45, 2.75) is 115 Å². The lowest BCUT2D eigenvalue weighted by atomic mass is 9.91. The number of carbonyl (C=O) groups excluding carboxylic acids is 1. The SMILES string of the molecule is CCCCC[C@H]1C=C[C@@H](CCCCC)S[C@H]1C(=O)Nc1c(C(C)C)cccc1C(C)C. The van der Waals surface area contributed by atoms with E-state index in [4.69, 9.17) is 0 Å². The molecule has 2 nitrogen and oxygen atoms in total. The number of carbonyl (C=O) groups is 1. The lowest BCUT2D eigenvalue weighted by molar-refractivity contribution is -0.116. The average molecular weight is 444 g/mol. The zero-order valence-electron chi connectivity index (χ0n) is 20.7. The number of thioether (sulfide) groups is 1. The second-order valence-electron chi connectivity index (χ2n) is 9.75. The van der Waals surface area contributed by atoms with Crippen molar-refractivity contribution in [1.82, 2.24) is 0 Å².